The van der Waals surface area contributed by atoms with Gasteiger partial charge in [0.2, 0.25) is 0 Å². The van der Waals surface area contributed by atoms with E-state index in [-0.39, 0.29) is 0 Å². The topological polar surface area (TPSA) is 50.4 Å². The molecule has 0 aromatic carbocycles. The summed E-state index contributed by atoms with van der Waals surface area (Å²) in [6.45, 7) is 0.655. The first-order chi connectivity index (χ1) is 4.93. The Morgan fingerprint density at radius 1 is 1.60 bits per heavy atom. The molecule has 1 heterocycles. The van der Waals surface area contributed by atoms with E-state index in [1.54, 1.807) is 12.4 Å². The number of nitrogens with one attached hydrogen (secondary N) is 1. The minimum absolute atomic E-state index is 0.655. The van der Waals surface area contributed by atoms with Gasteiger partial charge in [-0.05, 0) is 12.6 Å². The maximum atomic E-state index is 5.35. The molecule has 0 aliphatic carbocycles. The summed E-state index contributed by atoms with van der Waals surface area (Å²) in [5.74, 6) is 0. The molecule has 3 heteroatoms. The van der Waals surface area contributed by atoms with Gasteiger partial charge in [0, 0.05) is 30.7 Å². The molecule has 1 rings (SSSR count). The SMILES string of the molecule is NCCC1=CN=CC=CN1. The van der Waals surface area contributed by atoms with Gasteiger partial charge in [0.15, 0.2) is 0 Å². The predicted molar refractivity (Wildman–Crippen MR) is 42.5 cm³/mol. The Morgan fingerprint density at radius 3 is 3.30 bits per heavy atom. The molecule has 0 saturated carbocycles. The van der Waals surface area contributed by atoms with Gasteiger partial charge in [-0.15, -0.1) is 0 Å². The summed E-state index contributed by atoms with van der Waals surface area (Å²) >= 11 is 0. The third-order valence-electron chi connectivity index (χ3n) is 1.18. The van der Waals surface area contributed by atoms with Crippen LogP contribution in [-0.4, -0.2) is 12.8 Å². The van der Waals surface area contributed by atoms with Crippen molar-refractivity contribution < 1.29 is 0 Å². The predicted octanol–water partition coefficient (Wildman–Crippen LogP) is 0.364. The first kappa shape index (κ1) is 7.02. The molecule has 0 unspecified atom stereocenters. The van der Waals surface area contributed by atoms with Crippen LogP contribution in [0.2, 0.25) is 0 Å². The average molecular weight is 137 g/mol. The first-order valence-corrected chi connectivity index (χ1v) is 3.27. The van der Waals surface area contributed by atoms with Gasteiger partial charge >= 0.3 is 0 Å². The zero-order valence-corrected chi connectivity index (χ0v) is 5.75. The van der Waals surface area contributed by atoms with E-state index in [0.29, 0.717) is 6.54 Å². The molecular formula is C7H11N3. The molecule has 0 fully saturated rings. The molecule has 54 valence electrons. The number of rotatable bonds is 2. The van der Waals surface area contributed by atoms with Gasteiger partial charge in [0.1, 0.15) is 0 Å². The maximum absolute atomic E-state index is 5.35. The fraction of sp³-hybridized carbons (Fsp3) is 0.286. The van der Waals surface area contributed by atoms with E-state index in [1.165, 1.54) is 0 Å². The van der Waals surface area contributed by atoms with Crippen molar-refractivity contribution in [2.45, 2.75) is 6.42 Å². The highest BCUT2D eigenvalue weighted by molar-refractivity contribution is 5.72. The monoisotopic (exact) mass is 137 g/mol. The molecule has 0 aromatic rings. The van der Waals surface area contributed by atoms with E-state index in [1.807, 2.05) is 12.3 Å². The second kappa shape index (κ2) is 3.85. The van der Waals surface area contributed by atoms with Crippen LogP contribution < -0.4 is 11.1 Å². The Morgan fingerprint density at radius 2 is 2.50 bits per heavy atom. The molecule has 0 amide bonds. The Kier molecular flexibility index (Phi) is 2.70. The van der Waals surface area contributed by atoms with Crippen molar-refractivity contribution in [2.75, 3.05) is 6.54 Å². The zero-order chi connectivity index (χ0) is 7.23. The normalized spacial score (nSPS) is 15.9. The van der Waals surface area contributed by atoms with Crippen LogP contribution in [0.1, 0.15) is 6.42 Å². The minimum Gasteiger partial charge on any atom is -0.364 e. The fourth-order valence-corrected chi connectivity index (χ4v) is 0.710. The molecule has 0 bridgehead atoms. The number of hydrogen-bond acceptors (Lipinski definition) is 3. The standard InChI is InChI=1S/C7H11N3/c8-3-2-7-6-9-4-1-5-10-7/h1,4-6,10H,2-3,8H2. The molecule has 1 aliphatic rings. The van der Waals surface area contributed by atoms with Crippen molar-refractivity contribution in [1.29, 1.82) is 0 Å². The van der Waals surface area contributed by atoms with E-state index in [4.69, 9.17) is 5.73 Å². The van der Waals surface area contributed by atoms with Crippen molar-refractivity contribution >= 4 is 6.21 Å². The van der Waals surface area contributed by atoms with Crippen LogP contribution in [0.3, 0.4) is 0 Å². The quantitative estimate of drug-likeness (QED) is 0.577. The van der Waals surface area contributed by atoms with Crippen LogP contribution in [0.25, 0.3) is 0 Å². The zero-order valence-electron chi connectivity index (χ0n) is 5.75. The lowest BCUT2D eigenvalue weighted by molar-refractivity contribution is 0.868. The summed E-state index contributed by atoms with van der Waals surface area (Å²) in [6, 6.07) is 0. The lowest BCUT2D eigenvalue weighted by Crippen LogP contribution is -2.09. The molecule has 0 saturated heterocycles. The van der Waals surface area contributed by atoms with Gasteiger partial charge in [-0.2, -0.15) is 0 Å². The molecule has 3 nitrogen and oxygen atoms in total. The molecule has 10 heavy (non-hydrogen) atoms. The first-order valence-electron chi connectivity index (χ1n) is 3.27. The summed E-state index contributed by atoms with van der Waals surface area (Å²) in [5.41, 5.74) is 6.42. The van der Waals surface area contributed by atoms with Crippen molar-refractivity contribution in [3.63, 3.8) is 0 Å². The third kappa shape index (κ3) is 2.03. The van der Waals surface area contributed by atoms with Gasteiger partial charge in [-0.3, -0.25) is 4.99 Å². The summed E-state index contributed by atoms with van der Waals surface area (Å²) in [4.78, 5) is 3.98. The lowest BCUT2D eigenvalue weighted by Gasteiger charge is -2.01. The van der Waals surface area contributed by atoms with E-state index < -0.39 is 0 Å². The van der Waals surface area contributed by atoms with E-state index in [9.17, 15) is 0 Å². The van der Waals surface area contributed by atoms with Gasteiger partial charge in [0.05, 0.1) is 0 Å². The highest BCUT2D eigenvalue weighted by atomic mass is 14.9. The van der Waals surface area contributed by atoms with Crippen LogP contribution in [-0.2, 0) is 0 Å². The smallest absolute Gasteiger partial charge is 0.0461 e. The number of allylic oxidation sites excluding steroid dienone is 1. The Hall–Kier alpha value is -1.09. The molecule has 1 aliphatic heterocycles. The Labute approximate surface area is 60.3 Å². The summed E-state index contributed by atoms with van der Waals surface area (Å²) in [7, 11) is 0. The van der Waals surface area contributed by atoms with Crippen LogP contribution >= 0.6 is 0 Å². The van der Waals surface area contributed by atoms with Gasteiger partial charge in [-0.25, -0.2) is 0 Å². The van der Waals surface area contributed by atoms with Gasteiger partial charge < -0.3 is 11.1 Å². The summed E-state index contributed by atoms with van der Waals surface area (Å²) < 4.78 is 0. The van der Waals surface area contributed by atoms with E-state index in [2.05, 4.69) is 10.3 Å². The summed E-state index contributed by atoms with van der Waals surface area (Å²) in [5, 5.41) is 3.06. The van der Waals surface area contributed by atoms with Crippen molar-refractivity contribution in [1.82, 2.24) is 5.32 Å². The molecular weight excluding hydrogens is 126 g/mol. The van der Waals surface area contributed by atoms with Crippen LogP contribution in [0.4, 0.5) is 0 Å². The lowest BCUT2D eigenvalue weighted by atomic mass is 10.3. The second-order valence-corrected chi connectivity index (χ2v) is 1.99. The Balaban J connectivity index is 2.50. The number of hydrogen-bond donors (Lipinski definition) is 2. The third-order valence-corrected chi connectivity index (χ3v) is 1.18. The highest BCUT2D eigenvalue weighted by Gasteiger charge is 1.91. The van der Waals surface area contributed by atoms with Crippen LogP contribution in [0, 0.1) is 0 Å². The minimum atomic E-state index is 0.655. The molecule has 0 radical (unpaired) electrons. The molecule has 3 N–H and O–H groups in total. The summed E-state index contributed by atoms with van der Waals surface area (Å²) in [6.07, 6.45) is 8.06. The average Bonchev–Trinajstić information content (AvgIpc) is 2.17. The number of nitrogens with zero attached hydrogens (tertiary/aromatic N) is 1. The fourth-order valence-electron chi connectivity index (χ4n) is 0.710. The van der Waals surface area contributed by atoms with Gasteiger partial charge in [-0.1, -0.05) is 0 Å². The second-order valence-electron chi connectivity index (χ2n) is 1.99. The highest BCUT2D eigenvalue weighted by Crippen LogP contribution is 1.96. The maximum Gasteiger partial charge on any atom is 0.0461 e. The van der Waals surface area contributed by atoms with Crippen molar-refractivity contribution in [2.24, 2.45) is 10.7 Å². The molecule has 0 aromatic heterocycles. The Bertz CT molecular complexity index is 179. The number of nitrogens with two attached hydrogens (primary N) is 1. The van der Waals surface area contributed by atoms with Crippen molar-refractivity contribution in [3.8, 4) is 0 Å². The van der Waals surface area contributed by atoms with E-state index >= 15 is 0 Å². The number of aliphatic imine (C=N–C) groups is 1. The van der Waals surface area contributed by atoms with E-state index in [0.717, 1.165) is 12.1 Å². The van der Waals surface area contributed by atoms with Crippen LogP contribution in [0.5, 0.6) is 0 Å². The molecule has 0 atom stereocenters. The molecule has 0 spiro atoms. The van der Waals surface area contributed by atoms with Crippen molar-refractivity contribution in [3.05, 3.63) is 24.2 Å². The van der Waals surface area contributed by atoms with Gasteiger partial charge in [0.25, 0.3) is 0 Å². The van der Waals surface area contributed by atoms with Crippen LogP contribution in [0.15, 0.2) is 29.2 Å². The largest absolute Gasteiger partial charge is 0.364 e.